The van der Waals surface area contributed by atoms with Gasteiger partial charge >= 0.3 is 0 Å². The predicted molar refractivity (Wildman–Crippen MR) is 41.0 cm³/mol. The van der Waals surface area contributed by atoms with E-state index in [9.17, 15) is 13.9 Å². The second-order valence-electron chi connectivity index (χ2n) is 4.39. The van der Waals surface area contributed by atoms with Gasteiger partial charge in [-0.15, -0.1) is 0 Å². The summed E-state index contributed by atoms with van der Waals surface area (Å²) < 4.78 is 25.5. The molecule has 2 aliphatic rings. The highest BCUT2D eigenvalue weighted by atomic mass is 19.3. The molecule has 3 heteroatoms. The summed E-state index contributed by atoms with van der Waals surface area (Å²) in [5.41, 5.74) is -0.736. The van der Waals surface area contributed by atoms with Gasteiger partial charge in [0.15, 0.2) is 0 Å². The Morgan fingerprint density at radius 3 is 2.25 bits per heavy atom. The van der Waals surface area contributed by atoms with Crippen molar-refractivity contribution in [2.45, 2.75) is 44.1 Å². The van der Waals surface area contributed by atoms with E-state index in [1.165, 1.54) is 0 Å². The third-order valence-corrected chi connectivity index (χ3v) is 3.44. The highest BCUT2D eigenvalue weighted by Crippen LogP contribution is 2.56. The first-order valence-electron chi connectivity index (χ1n) is 4.54. The van der Waals surface area contributed by atoms with Crippen molar-refractivity contribution in [1.29, 1.82) is 0 Å². The van der Waals surface area contributed by atoms with Gasteiger partial charge in [0.1, 0.15) is 0 Å². The smallest absolute Gasteiger partial charge is 0.248 e. The summed E-state index contributed by atoms with van der Waals surface area (Å²) in [4.78, 5) is 0. The summed E-state index contributed by atoms with van der Waals surface area (Å²) in [5.74, 6) is -2.43. The number of rotatable bonds is 1. The summed E-state index contributed by atoms with van der Waals surface area (Å²) in [5, 5.41) is 9.80. The summed E-state index contributed by atoms with van der Waals surface area (Å²) in [7, 11) is 0. The maximum absolute atomic E-state index is 12.8. The van der Waals surface area contributed by atoms with Gasteiger partial charge in [0.2, 0.25) is 5.92 Å². The molecule has 0 spiro atoms. The molecule has 0 aliphatic heterocycles. The number of halogens is 2. The zero-order valence-corrected chi connectivity index (χ0v) is 7.19. The molecule has 2 saturated carbocycles. The summed E-state index contributed by atoms with van der Waals surface area (Å²) in [6.45, 7) is 1.93. The van der Waals surface area contributed by atoms with Crippen LogP contribution in [0.3, 0.4) is 0 Å². The van der Waals surface area contributed by atoms with E-state index in [0.717, 1.165) is 0 Å². The second-order valence-corrected chi connectivity index (χ2v) is 4.39. The average molecular weight is 176 g/mol. The Kier molecular flexibility index (Phi) is 1.54. The third kappa shape index (κ3) is 1.15. The van der Waals surface area contributed by atoms with E-state index in [0.29, 0.717) is 12.8 Å². The zero-order chi connectivity index (χ0) is 8.98. The normalized spacial score (nSPS) is 51.0. The highest BCUT2D eigenvalue weighted by Gasteiger charge is 2.59. The van der Waals surface area contributed by atoms with Gasteiger partial charge < -0.3 is 5.11 Å². The van der Waals surface area contributed by atoms with Crippen LogP contribution in [0.4, 0.5) is 8.78 Å². The van der Waals surface area contributed by atoms with Crippen molar-refractivity contribution >= 4 is 0 Å². The maximum atomic E-state index is 12.8. The molecule has 0 aromatic carbocycles. The molecule has 0 aromatic heterocycles. The van der Waals surface area contributed by atoms with Gasteiger partial charge in [-0.3, -0.25) is 0 Å². The monoisotopic (exact) mass is 176 g/mol. The Balaban J connectivity index is 2.01. The lowest BCUT2D eigenvalue weighted by molar-refractivity contribution is -0.0111. The molecule has 12 heavy (non-hydrogen) atoms. The largest absolute Gasteiger partial charge is 0.389 e. The van der Waals surface area contributed by atoms with E-state index in [-0.39, 0.29) is 24.7 Å². The van der Waals surface area contributed by atoms with Gasteiger partial charge in [0.25, 0.3) is 0 Å². The minimum atomic E-state index is -2.51. The molecule has 0 bridgehead atoms. The van der Waals surface area contributed by atoms with Crippen molar-refractivity contribution in [3.05, 3.63) is 0 Å². The molecular weight excluding hydrogens is 162 g/mol. The van der Waals surface area contributed by atoms with Gasteiger partial charge in [-0.2, -0.15) is 0 Å². The molecular formula is C9H14F2O. The molecule has 1 nitrogen and oxygen atoms in total. The molecule has 1 N–H and O–H groups in total. The highest BCUT2D eigenvalue weighted by molar-refractivity contribution is 5.08. The van der Waals surface area contributed by atoms with E-state index in [1.807, 2.05) is 6.92 Å². The van der Waals surface area contributed by atoms with Crippen molar-refractivity contribution in [3.8, 4) is 0 Å². The Hall–Kier alpha value is -0.180. The van der Waals surface area contributed by atoms with Crippen LogP contribution in [-0.4, -0.2) is 16.6 Å². The Labute approximate surface area is 70.8 Å². The van der Waals surface area contributed by atoms with Crippen LogP contribution < -0.4 is 0 Å². The molecule has 0 heterocycles. The van der Waals surface area contributed by atoms with Crippen LogP contribution >= 0.6 is 0 Å². The molecule has 3 atom stereocenters. The lowest BCUT2D eigenvalue weighted by Crippen LogP contribution is -2.23. The topological polar surface area (TPSA) is 20.2 Å². The molecule has 0 radical (unpaired) electrons. The lowest BCUT2D eigenvalue weighted by Gasteiger charge is -2.17. The minimum Gasteiger partial charge on any atom is -0.389 e. The van der Waals surface area contributed by atoms with Crippen LogP contribution in [-0.2, 0) is 0 Å². The standard InChI is InChI=1S/C9H14F2O/c1-6-4-9(6,12)7-2-3-8(10,11)5-7/h6-7,12H,2-5H2,1H3. The van der Waals surface area contributed by atoms with E-state index in [1.54, 1.807) is 0 Å². The van der Waals surface area contributed by atoms with E-state index >= 15 is 0 Å². The summed E-state index contributed by atoms with van der Waals surface area (Å²) >= 11 is 0. The summed E-state index contributed by atoms with van der Waals surface area (Å²) in [6.07, 6.45) is 1.07. The Morgan fingerprint density at radius 1 is 1.33 bits per heavy atom. The van der Waals surface area contributed by atoms with Crippen LogP contribution in [0, 0.1) is 11.8 Å². The van der Waals surface area contributed by atoms with E-state index in [2.05, 4.69) is 0 Å². The zero-order valence-electron chi connectivity index (χ0n) is 7.19. The fraction of sp³-hybridized carbons (Fsp3) is 1.00. The first kappa shape index (κ1) is 8.42. The average Bonchev–Trinajstić information content (AvgIpc) is 2.41. The van der Waals surface area contributed by atoms with Crippen LogP contribution in [0.1, 0.15) is 32.6 Å². The fourth-order valence-electron chi connectivity index (χ4n) is 2.38. The van der Waals surface area contributed by atoms with E-state index in [4.69, 9.17) is 0 Å². The van der Waals surface area contributed by atoms with Crippen LogP contribution in [0.2, 0.25) is 0 Å². The minimum absolute atomic E-state index is 0.0350. The molecule has 3 unspecified atom stereocenters. The number of alkyl halides is 2. The first-order chi connectivity index (χ1) is 5.44. The van der Waals surface area contributed by atoms with Crippen molar-refractivity contribution < 1.29 is 13.9 Å². The molecule has 0 amide bonds. The Bertz CT molecular complexity index is 205. The number of hydrogen-bond acceptors (Lipinski definition) is 1. The Morgan fingerprint density at radius 2 is 1.92 bits per heavy atom. The second kappa shape index (κ2) is 2.19. The molecule has 70 valence electrons. The van der Waals surface area contributed by atoms with Gasteiger partial charge in [-0.25, -0.2) is 8.78 Å². The van der Waals surface area contributed by atoms with Gasteiger partial charge in [-0.1, -0.05) is 6.92 Å². The van der Waals surface area contributed by atoms with Crippen molar-refractivity contribution in [2.75, 3.05) is 0 Å². The van der Waals surface area contributed by atoms with Crippen LogP contribution in [0.5, 0.6) is 0 Å². The molecule has 0 aromatic rings. The summed E-state index contributed by atoms with van der Waals surface area (Å²) in [6, 6.07) is 0. The third-order valence-electron chi connectivity index (χ3n) is 3.44. The lowest BCUT2D eigenvalue weighted by atomic mass is 9.97. The van der Waals surface area contributed by atoms with Crippen LogP contribution in [0.25, 0.3) is 0 Å². The first-order valence-corrected chi connectivity index (χ1v) is 4.54. The molecule has 2 rings (SSSR count). The van der Waals surface area contributed by atoms with Crippen molar-refractivity contribution in [3.63, 3.8) is 0 Å². The number of hydrogen-bond donors (Lipinski definition) is 1. The van der Waals surface area contributed by atoms with Crippen molar-refractivity contribution in [2.24, 2.45) is 11.8 Å². The number of aliphatic hydroxyl groups is 1. The van der Waals surface area contributed by atoms with Crippen molar-refractivity contribution in [1.82, 2.24) is 0 Å². The fourth-order valence-corrected chi connectivity index (χ4v) is 2.38. The predicted octanol–water partition coefficient (Wildman–Crippen LogP) is 2.19. The SMILES string of the molecule is CC1CC1(O)C1CCC(F)(F)C1. The van der Waals surface area contributed by atoms with Crippen LogP contribution in [0.15, 0.2) is 0 Å². The molecule has 2 fully saturated rings. The molecule has 0 saturated heterocycles. The molecule has 2 aliphatic carbocycles. The van der Waals surface area contributed by atoms with Gasteiger partial charge in [0.05, 0.1) is 5.60 Å². The van der Waals surface area contributed by atoms with Gasteiger partial charge in [-0.05, 0) is 24.7 Å². The van der Waals surface area contributed by atoms with E-state index < -0.39 is 11.5 Å². The maximum Gasteiger partial charge on any atom is 0.248 e. The van der Waals surface area contributed by atoms with Gasteiger partial charge in [0, 0.05) is 12.8 Å². The quantitative estimate of drug-likeness (QED) is 0.649.